The van der Waals surface area contributed by atoms with Crippen LogP contribution >= 0.6 is 22.9 Å². The van der Waals surface area contributed by atoms with E-state index in [1.165, 1.54) is 17.8 Å². The molecule has 2 nitrogen and oxygen atoms in total. The summed E-state index contributed by atoms with van der Waals surface area (Å²) in [4.78, 5) is 4.64. The summed E-state index contributed by atoms with van der Waals surface area (Å²) < 4.78 is 1.11. The maximum absolute atomic E-state index is 6.16. The number of nitrogens with two attached hydrogens (primary N) is 1. The lowest BCUT2D eigenvalue weighted by atomic mass is 9.97. The van der Waals surface area contributed by atoms with E-state index in [1.54, 1.807) is 11.3 Å². The third-order valence-electron chi connectivity index (χ3n) is 3.33. The smallest absolute Gasteiger partial charge is 0.0939 e. The van der Waals surface area contributed by atoms with Gasteiger partial charge in [-0.25, -0.2) is 4.98 Å². The van der Waals surface area contributed by atoms with Gasteiger partial charge in [-0.15, -0.1) is 11.3 Å². The van der Waals surface area contributed by atoms with Crippen LogP contribution in [0.3, 0.4) is 0 Å². The van der Waals surface area contributed by atoms with Crippen molar-refractivity contribution < 1.29 is 0 Å². The Labute approximate surface area is 117 Å². The van der Waals surface area contributed by atoms with Gasteiger partial charge in [0.25, 0.3) is 0 Å². The van der Waals surface area contributed by atoms with Crippen LogP contribution in [0.1, 0.15) is 31.2 Å². The van der Waals surface area contributed by atoms with Crippen LogP contribution in [-0.2, 0) is 6.42 Å². The number of fused-ring (bicyclic) bond motifs is 1. The first-order valence-corrected chi connectivity index (χ1v) is 7.68. The fourth-order valence-electron chi connectivity index (χ4n) is 2.18. The zero-order valence-corrected chi connectivity index (χ0v) is 12.2. The second kappa shape index (κ2) is 6.50. The van der Waals surface area contributed by atoms with Crippen molar-refractivity contribution in [1.29, 1.82) is 0 Å². The van der Waals surface area contributed by atoms with Gasteiger partial charge in [0.1, 0.15) is 0 Å². The Bertz CT molecular complexity index is 509. The highest BCUT2D eigenvalue weighted by molar-refractivity contribution is 7.19. The summed E-state index contributed by atoms with van der Waals surface area (Å²) in [6, 6.07) is 5.91. The Morgan fingerprint density at radius 1 is 1.39 bits per heavy atom. The van der Waals surface area contributed by atoms with Gasteiger partial charge in [-0.3, -0.25) is 0 Å². The Morgan fingerprint density at radius 3 is 2.89 bits per heavy atom. The number of benzene rings is 1. The second-order valence-corrected chi connectivity index (χ2v) is 6.08. The second-order valence-electron chi connectivity index (χ2n) is 4.59. The van der Waals surface area contributed by atoms with Gasteiger partial charge in [-0.05, 0) is 43.9 Å². The molecule has 2 rings (SSSR count). The lowest BCUT2D eigenvalue weighted by Crippen LogP contribution is -2.08. The number of halogens is 1. The molecule has 18 heavy (non-hydrogen) atoms. The number of hydrogen-bond donors (Lipinski definition) is 1. The fraction of sp³-hybridized carbons (Fsp3) is 0.500. The lowest BCUT2D eigenvalue weighted by Gasteiger charge is -2.11. The van der Waals surface area contributed by atoms with Crippen molar-refractivity contribution in [2.24, 2.45) is 11.7 Å². The van der Waals surface area contributed by atoms with Gasteiger partial charge in [-0.1, -0.05) is 31.0 Å². The zero-order chi connectivity index (χ0) is 13.0. The monoisotopic (exact) mass is 282 g/mol. The molecule has 1 atom stereocenters. The highest BCUT2D eigenvalue weighted by Gasteiger charge is 2.10. The highest BCUT2D eigenvalue weighted by Crippen LogP contribution is 2.30. The molecule has 0 bridgehead atoms. The Balaban J connectivity index is 2.06. The predicted molar refractivity (Wildman–Crippen MR) is 80.4 cm³/mol. The van der Waals surface area contributed by atoms with E-state index >= 15 is 0 Å². The van der Waals surface area contributed by atoms with E-state index in [0.717, 1.165) is 40.5 Å². The topological polar surface area (TPSA) is 38.9 Å². The molecule has 0 radical (unpaired) electrons. The van der Waals surface area contributed by atoms with E-state index in [1.807, 2.05) is 18.2 Å². The van der Waals surface area contributed by atoms with Gasteiger partial charge < -0.3 is 5.73 Å². The standard InChI is InChI=1S/C14H19ClN2S/c1-2-10(8-9-16)6-7-13-17-12-5-3-4-11(15)14(12)18-13/h3-5,10H,2,6-9,16H2,1H3. The Kier molecular flexibility index (Phi) is 4.98. The molecule has 1 heterocycles. The average molecular weight is 283 g/mol. The van der Waals surface area contributed by atoms with Crippen molar-refractivity contribution in [2.75, 3.05) is 6.54 Å². The molecule has 2 aromatic rings. The van der Waals surface area contributed by atoms with Crippen LogP contribution in [0.5, 0.6) is 0 Å². The molecule has 0 spiro atoms. The SMILES string of the molecule is CCC(CCN)CCc1nc2cccc(Cl)c2s1. The number of hydrogen-bond acceptors (Lipinski definition) is 3. The normalized spacial score (nSPS) is 13.1. The summed E-state index contributed by atoms with van der Waals surface area (Å²) in [6.45, 7) is 3.01. The van der Waals surface area contributed by atoms with Crippen molar-refractivity contribution in [3.8, 4) is 0 Å². The van der Waals surface area contributed by atoms with Gasteiger partial charge in [0, 0.05) is 0 Å². The summed E-state index contributed by atoms with van der Waals surface area (Å²) >= 11 is 7.88. The lowest BCUT2D eigenvalue weighted by molar-refractivity contribution is 0.443. The number of thiazole rings is 1. The van der Waals surface area contributed by atoms with Crippen LogP contribution in [0.15, 0.2) is 18.2 Å². The van der Waals surface area contributed by atoms with E-state index in [4.69, 9.17) is 17.3 Å². The number of rotatable bonds is 6. The van der Waals surface area contributed by atoms with Gasteiger partial charge in [-0.2, -0.15) is 0 Å². The van der Waals surface area contributed by atoms with E-state index in [2.05, 4.69) is 11.9 Å². The molecule has 98 valence electrons. The number of nitrogens with zero attached hydrogens (tertiary/aromatic N) is 1. The molecule has 0 aliphatic carbocycles. The van der Waals surface area contributed by atoms with Gasteiger partial charge in [0.05, 0.1) is 20.2 Å². The zero-order valence-electron chi connectivity index (χ0n) is 10.7. The molecule has 1 aromatic carbocycles. The van der Waals surface area contributed by atoms with Crippen LogP contribution in [0.25, 0.3) is 10.2 Å². The average Bonchev–Trinajstić information content (AvgIpc) is 2.79. The molecule has 1 aromatic heterocycles. The summed E-state index contributed by atoms with van der Waals surface area (Å²) in [6.07, 6.45) is 4.52. The van der Waals surface area contributed by atoms with Crippen molar-refractivity contribution in [2.45, 2.75) is 32.6 Å². The molecule has 2 N–H and O–H groups in total. The van der Waals surface area contributed by atoms with Crippen molar-refractivity contribution in [3.63, 3.8) is 0 Å². The summed E-state index contributed by atoms with van der Waals surface area (Å²) in [5.41, 5.74) is 6.65. The first-order chi connectivity index (χ1) is 8.74. The largest absolute Gasteiger partial charge is 0.330 e. The molecule has 0 amide bonds. The molecule has 4 heteroatoms. The Hall–Kier alpha value is -0.640. The quantitative estimate of drug-likeness (QED) is 0.860. The van der Waals surface area contributed by atoms with Crippen LogP contribution in [0.2, 0.25) is 5.02 Å². The molecule has 1 unspecified atom stereocenters. The first kappa shape index (κ1) is 13.8. The van der Waals surface area contributed by atoms with Crippen LogP contribution in [0.4, 0.5) is 0 Å². The molecular formula is C14H19ClN2S. The Morgan fingerprint density at radius 2 is 2.22 bits per heavy atom. The molecule has 0 aliphatic rings. The van der Waals surface area contributed by atoms with Crippen LogP contribution < -0.4 is 5.73 Å². The molecule has 0 saturated carbocycles. The van der Waals surface area contributed by atoms with Gasteiger partial charge >= 0.3 is 0 Å². The predicted octanol–water partition coefficient (Wildman–Crippen LogP) is 4.26. The molecule has 0 aliphatic heterocycles. The third kappa shape index (κ3) is 3.22. The van der Waals surface area contributed by atoms with Gasteiger partial charge in [0.15, 0.2) is 0 Å². The first-order valence-electron chi connectivity index (χ1n) is 6.48. The fourth-order valence-corrected chi connectivity index (χ4v) is 3.45. The molecule has 0 fully saturated rings. The maximum atomic E-state index is 6.16. The number of aryl methyl sites for hydroxylation is 1. The van der Waals surface area contributed by atoms with Crippen molar-refractivity contribution in [3.05, 3.63) is 28.2 Å². The maximum Gasteiger partial charge on any atom is 0.0939 e. The minimum Gasteiger partial charge on any atom is -0.330 e. The molecule has 0 saturated heterocycles. The minimum absolute atomic E-state index is 0.720. The van der Waals surface area contributed by atoms with Crippen LogP contribution in [0, 0.1) is 5.92 Å². The highest BCUT2D eigenvalue weighted by atomic mass is 35.5. The minimum atomic E-state index is 0.720. The van der Waals surface area contributed by atoms with E-state index in [0.29, 0.717) is 0 Å². The van der Waals surface area contributed by atoms with Gasteiger partial charge in [0.2, 0.25) is 0 Å². The van der Waals surface area contributed by atoms with Crippen molar-refractivity contribution >= 4 is 33.2 Å². The number of aromatic nitrogens is 1. The summed E-state index contributed by atoms with van der Waals surface area (Å²) in [5.74, 6) is 0.720. The third-order valence-corrected chi connectivity index (χ3v) is 4.92. The van der Waals surface area contributed by atoms with E-state index in [-0.39, 0.29) is 0 Å². The molecular weight excluding hydrogens is 264 g/mol. The summed E-state index contributed by atoms with van der Waals surface area (Å²) in [7, 11) is 0. The van der Waals surface area contributed by atoms with Crippen LogP contribution in [-0.4, -0.2) is 11.5 Å². The summed E-state index contributed by atoms with van der Waals surface area (Å²) in [5, 5.41) is 2.00. The van der Waals surface area contributed by atoms with E-state index < -0.39 is 0 Å². The van der Waals surface area contributed by atoms with Crippen molar-refractivity contribution in [1.82, 2.24) is 4.98 Å². The van der Waals surface area contributed by atoms with E-state index in [9.17, 15) is 0 Å².